The van der Waals surface area contributed by atoms with Crippen LogP contribution in [0.15, 0.2) is 18.2 Å². The number of nitriles is 1. The van der Waals surface area contributed by atoms with E-state index in [2.05, 4.69) is 0 Å². The van der Waals surface area contributed by atoms with E-state index in [0.717, 1.165) is 6.07 Å². The molecule has 0 heterocycles. The molecule has 0 fully saturated rings. The van der Waals surface area contributed by atoms with Crippen molar-refractivity contribution in [3.05, 3.63) is 29.6 Å². The average Bonchev–Trinajstić information content (AvgIpc) is 2.25. The van der Waals surface area contributed by atoms with Crippen LogP contribution in [0.2, 0.25) is 0 Å². The molecule has 1 aromatic carbocycles. The third-order valence-electron chi connectivity index (χ3n) is 2.05. The van der Waals surface area contributed by atoms with Gasteiger partial charge in [-0.2, -0.15) is 5.26 Å². The maximum Gasteiger partial charge on any atom is 0.223 e. The van der Waals surface area contributed by atoms with E-state index in [1.165, 1.54) is 12.1 Å². The number of primary amides is 1. The van der Waals surface area contributed by atoms with E-state index < -0.39 is 17.6 Å². The molecule has 1 amide bonds. The highest BCUT2D eigenvalue weighted by molar-refractivity contribution is 5.76. The lowest BCUT2D eigenvalue weighted by Gasteiger charge is -2.09. The number of amides is 1. The number of nitrogens with two attached hydrogens (primary N) is 1. The van der Waals surface area contributed by atoms with Gasteiger partial charge in [0, 0.05) is 6.07 Å². The number of benzene rings is 1. The summed E-state index contributed by atoms with van der Waals surface area (Å²) >= 11 is 0. The summed E-state index contributed by atoms with van der Waals surface area (Å²) in [4.78, 5) is 10.7. The molecule has 16 heavy (non-hydrogen) atoms. The summed E-state index contributed by atoms with van der Waals surface area (Å²) in [6.45, 7) is 1.70. The minimum atomic E-state index is -0.647. The highest BCUT2D eigenvalue weighted by Crippen LogP contribution is 2.16. The van der Waals surface area contributed by atoms with Gasteiger partial charge in [-0.05, 0) is 12.1 Å². The van der Waals surface area contributed by atoms with Crippen molar-refractivity contribution >= 4 is 5.91 Å². The first-order valence-corrected chi connectivity index (χ1v) is 4.66. The first-order valence-electron chi connectivity index (χ1n) is 4.66. The van der Waals surface area contributed by atoms with Gasteiger partial charge in [0.05, 0.1) is 18.1 Å². The van der Waals surface area contributed by atoms with Gasteiger partial charge in [0.15, 0.2) is 0 Å². The number of ether oxygens (including phenoxy) is 1. The van der Waals surface area contributed by atoms with E-state index in [-0.39, 0.29) is 17.9 Å². The van der Waals surface area contributed by atoms with Crippen molar-refractivity contribution in [2.75, 3.05) is 6.61 Å². The van der Waals surface area contributed by atoms with Gasteiger partial charge >= 0.3 is 0 Å². The molecule has 1 rings (SSSR count). The number of carbonyl (C=O) groups is 1. The molecule has 0 aliphatic rings. The smallest absolute Gasteiger partial charge is 0.223 e. The number of halogens is 1. The molecule has 0 aliphatic heterocycles. The minimum absolute atomic E-state index is 0.0460. The van der Waals surface area contributed by atoms with E-state index in [4.69, 9.17) is 15.7 Å². The van der Waals surface area contributed by atoms with Crippen LogP contribution in [0.3, 0.4) is 0 Å². The van der Waals surface area contributed by atoms with Crippen LogP contribution >= 0.6 is 0 Å². The second-order valence-corrected chi connectivity index (χ2v) is 3.37. The van der Waals surface area contributed by atoms with Crippen LogP contribution in [0.5, 0.6) is 5.75 Å². The highest BCUT2D eigenvalue weighted by atomic mass is 19.1. The SMILES string of the molecule is CC(COc1ccc(C#N)c(F)c1)C(N)=O. The Bertz CT molecular complexity index is 440. The summed E-state index contributed by atoms with van der Waals surface area (Å²) < 4.78 is 18.3. The van der Waals surface area contributed by atoms with Crippen molar-refractivity contribution in [3.63, 3.8) is 0 Å². The topological polar surface area (TPSA) is 76.1 Å². The molecule has 1 atom stereocenters. The van der Waals surface area contributed by atoms with Crippen molar-refractivity contribution in [1.29, 1.82) is 5.26 Å². The molecule has 0 aliphatic carbocycles. The third kappa shape index (κ3) is 2.95. The first kappa shape index (κ1) is 12.0. The van der Waals surface area contributed by atoms with Crippen LogP contribution in [0.1, 0.15) is 12.5 Å². The molecule has 0 saturated heterocycles. The van der Waals surface area contributed by atoms with Gasteiger partial charge in [-0.3, -0.25) is 4.79 Å². The molecule has 0 saturated carbocycles. The van der Waals surface area contributed by atoms with Crippen LogP contribution in [0.25, 0.3) is 0 Å². The molecule has 0 bridgehead atoms. The van der Waals surface area contributed by atoms with Crippen molar-refractivity contribution < 1.29 is 13.9 Å². The average molecular weight is 222 g/mol. The molecular weight excluding hydrogens is 211 g/mol. The quantitative estimate of drug-likeness (QED) is 0.831. The standard InChI is InChI=1S/C11H11FN2O2/c1-7(11(14)15)6-16-9-3-2-8(5-13)10(12)4-9/h2-4,7H,6H2,1H3,(H2,14,15). The lowest BCUT2D eigenvalue weighted by atomic mass is 10.2. The fraction of sp³-hybridized carbons (Fsp3) is 0.273. The van der Waals surface area contributed by atoms with E-state index in [9.17, 15) is 9.18 Å². The summed E-state index contributed by atoms with van der Waals surface area (Å²) in [5.74, 6) is -1.30. The maximum absolute atomic E-state index is 13.1. The molecule has 1 aromatic rings. The normalized spacial score (nSPS) is 11.6. The Morgan fingerprint density at radius 2 is 2.38 bits per heavy atom. The Morgan fingerprint density at radius 3 is 2.88 bits per heavy atom. The second-order valence-electron chi connectivity index (χ2n) is 3.37. The van der Waals surface area contributed by atoms with Gasteiger partial charge in [0.1, 0.15) is 17.6 Å². The van der Waals surface area contributed by atoms with Crippen LogP contribution in [-0.2, 0) is 4.79 Å². The fourth-order valence-corrected chi connectivity index (χ4v) is 0.980. The molecule has 2 N–H and O–H groups in total. The highest BCUT2D eigenvalue weighted by Gasteiger charge is 2.10. The summed E-state index contributed by atoms with van der Waals surface area (Å²) in [7, 11) is 0. The second kappa shape index (κ2) is 5.12. The van der Waals surface area contributed by atoms with E-state index in [1.807, 2.05) is 0 Å². The van der Waals surface area contributed by atoms with Crippen molar-refractivity contribution in [2.24, 2.45) is 11.7 Å². The third-order valence-corrected chi connectivity index (χ3v) is 2.05. The molecule has 5 heteroatoms. The van der Waals surface area contributed by atoms with Crippen LogP contribution < -0.4 is 10.5 Å². The van der Waals surface area contributed by atoms with Crippen LogP contribution in [0.4, 0.5) is 4.39 Å². The number of carbonyl (C=O) groups excluding carboxylic acids is 1. The zero-order chi connectivity index (χ0) is 12.1. The van der Waals surface area contributed by atoms with E-state index in [1.54, 1.807) is 13.0 Å². The molecular formula is C11H11FN2O2. The predicted octanol–water partition coefficient (Wildman–Crippen LogP) is 1.20. The molecule has 84 valence electrons. The lowest BCUT2D eigenvalue weighted by Crippen LogP contribution is -2.25. The summed E-state index contributed by atoms with van der Waals surface area (Å²) in [6.07, 6.45) is 0. The largest absolute Gasteiger partial charge is 0.493 e. The Morgan fingerprint density at radius 1 is 1.69 bits per heavy atom. The Labute approximate surface area is 92.4 Å². The summed E-state index contributed by atoms with van der Waals surface area (Å²) in [5, 5.41) is 8.51. The number of hydrogen-bond donors (Lipinski definition) is 1. The zero-order valence-corrected chi connectivity index (χ0v) is 8.74. The van der Waals surface area contributed by atoms with E-state index >= 15 is 0 Å². The number of rotatable bonds is 4. The van der Waals surface area contributed by atoms with Gasteiger partial charge < -0.3 is 10.5 Å². The fourth-order valence-electron chi connectivity index (χ4n) is 0.980. The van der Waals surface area contributed by atoms with Gasteiger partial charge in [-0.1, -0.05) is 6.92 Å². The van der Waals surface area contributed by atoms with Gasteiger partial charge in [0.2, 0.25) is 5.91 Å². The van der Waals surface area contributed by atoms with Crippen molar-refractivity contribution in [3.8, 4) is 11.8 Å². The predicted molar refractivity (Wildman–Crippen MR) is 55.0 cm³/mol. The van der Waals surface area contributed by atoms with Gasteiger partial charge in [-0.25, -0.2) is 4.39 Å². The Kier molecular flexibility index (Phi) is 3.84. The monoisotopic (exact) mass is 222 g/mol. The Hall–Kier alpha value is -2.09. The molecule has 0 radical (unpaired) electrons. The van der Waals surface area contributed by atoms with Crippen LogP contribution in [0, 0.1) is 23.1 Å². The van der Waals surface area contributed by atoms with Gasteiger partial charge in [-0.15, -0.1) is 0 Å². The van der Waals surface area contributed by atoms with Crippen molar-refractivity contribution in [2.45, 2.75) is 6.92 Å². The number of nitrogens with zero attached hydrogens (tertiary/aromatic N) is 1. The lowest BCUT2D eigenvalue weighted by molar-refractivity contribution is -0.122. The van der Waals surface area contributed by atoms with Gasteiger partial charge in [0.25, 0.3) is 0 Å². The number of hydrogen-bond acceptors (Lipinski definition) is 3. The van der Waals surface area contributed by atoms with Crippen molar-refractivity contribution in [1.82, 2.24) is 0 Å². The summed E-state index contributed by atoms with van der Waals surface area (Å²) in [6, 6.07) is 5.59. The summed E-state index contributed by atoms with van der Waals surface area (Å²) in [5.41, 5.74) is 4.99. The molecule has 4 nitrogen and oxygen atoms in total. The first-order chi connectivity index (χ1) is 7.54. The van der Waals surface area contributed by atoms with E-state index in [0.29, 0.717) is 0 Å². The molecule has 1 unspecified atom stereocenters. The Balaban J connectivity index is 2.66. The maximum atomic E-state index is 13.1. The molecule has 0 spiro atoms. The minimum Gasteiger partial charge on any atom is -0.493 e. The zero-order valence-electron chi connectivity index (χ0n) is 8.74. The van der Waals surface area contributed by atoms with Crippen LogP contribution in [-0.4, -0.2) is 12.5 Å². The molecule has 0 aromatic heterocycles.